The van der Waals surface area contributed by atoms with Crippen molar-refractivity contribution < 1.29 is 9.53 Å². The molecule has 1 amide bonds. The number of carbonyl (C=O) groups is 1. The molecule has 0 spiro atoms. The Hall–Kier alpha value is -1.39. The van der Waals surface area contributed by atoms with E-state index in [0.717, 1.165) is 30.8 Å². The third-order valence-electron chi connectivity index (χ3n) is 3.13. The van der Waals surface area contributed by atoms with Crippen LogP contribution in [0.25, 0.3) is 0 Å². The zero-order valence-electron chi connectivity index (χ0n) is 11.0. The predicted octanol–water partition coefficient (Wildman–Crippen LogP) is 1.06. The normalized spacial score (nSPS) is 19.6. The maximum atomic E-state index is 12.2. The van der Waals surface area contributed by atoms with Crippen LogP contribution < -0.4 is 5.32 Å². The van der Waals surface area contributed by atoms with E-state index in [1.807, 2.05) is 38.2 Å². The Morgan fingerprint density at radius 1 is 1.44 bits per heavy atom. The third kappa shape index (κ3) is 3.31. The minimum atomic E-state index is 0.0455. The highest BCUT2D eigenvalue weighted by atomic mass is 16.5. The van der Waals surface area contributed by atoms with Crippen LogP contribution >= 0.6 is 0 Å². The summed E-state index contributed by atoms with van der Waals surface area (Å²) >= 11 is 0. The second-order valence-electron chi connectivity index (χ2n) is 4.75. The molecule has 1 unspecified atom stereocenters. The molecule has 1 fully saturated rings. The van der Waals surface area contributed by atoms with Gasteiger partial charge in [0.15, 0.2) is 0 Å². The van der Waals surface area contributed by atoms with Crippen molar-refractivity contribution in [3.8, 4) is 0 Å². The summed E-state index contributed by atoms with van der Waals surface area (Å²) in [7, 11) is 1.82. The summed E-state index contributed by atoms with van der Waals surface area (Å²) in [5.74, 6) is 0.0455. The Balaban J connectivity index is 1.93. The van der Waals surface area contributed by atoms with E-state index in [4.69, 9.17) is 4.74 Å². The molecule has 0 bridgehead atoms. The van der Waals surface area contributed by atoms with Crippen molar-refractivity contribution in [2.75, 3.05) is 33.3 Å². The summed E-state index contributed by atoms with van der Waals surface area (Å²) in [5, 5.41) is 3.26. The zero-order valence-corrected chi connectivity index (χ0v) is 11.0. The van der Waals surface area contributed by atoms with Gasteiger partial charge in [-0.05, 0) is 19.1 Å². The first-order valence-corrected chi connectivity index (χ1v) is 6.31. The second-order valence-corrected chi connectivity index (χ2v) is 4.75. The fraction of sp³-hybridized carbons (Fsp3) is 0.500. The molecule has 1 heterocycles. The van der Waals surface area contributed by atoms with E-state index < -0.39 is 0 Å². The molecular weight excluding hydrogens is 228 g/mol. The average molecular weight is 248 g/mol. The van der Waals surface area contributed by atoms with E-state index >= 15 is 0 Å². The Morgan fingerprint density at radius 2 is 2.17 bits per heavy atom. The van der Waals surface area contributed by atoms with E-state index in [1.54, 1.807) is 4.90 Å². The van der Waals surface area contributed by atoms with E-state index in [9.17, 15) is 4.79 Å². The first-order valence-electron chi connectivity index (χ1n) is 6.31. The average Bonchev–Trinajstić information content (AvgIpc) is 2.40. The fourth-order valence-electron chi connectivity index (χ4n) is 2.04. The monoisotopic (exact) mass is 248 g/mol. The molecule has 18 heavy (non-hydrogen) atoms. The predicted molar refractivity (Wildman–Crippen MR) is 70.7 cm³/mol. The minimum Gasteiger partial charge on any atom is -0.374 e. The summed E-state index contributed by atoms with van der Waals surface area (Å²) in [6.45, 7) is 5.06. The SMILES string of the molecule is Cc1ccc(C(=O)N(C)CC2CNCCO2)cc1. The lowest BCUT2D eigenvalue weighted by molar-refractivity contribution is 0.0104. The molecule has 0 aliphatic carbocycles. The Kier molecular flexibility index (Phi) is 4.33. The van der Waals surface area contributed by atoms with Gasteiger partial charge in [-0.3, -0.25) is 4.79 Å². The number of hydrogen-bond donors (Lipinski definition) is 1. The summed E-state index contributed by atoms with van der Waals surface area (Å²) in [6, 6.07) is 7.65. The van der Waals surface area contributed by atoms with E-state index in [-0.39, 0.29) is 12.0 Å². The van der Waals surface area contributed by atoms with Gasteiger partial charge in [0.05, 0.1) is 12.7 Å². The standard InChI is InChI=1S/C14H20N2O2/c1-11-3-5-12(6-4-11)14(17)16(2)10-13-9-15-7-8-18-13/h3-6,13,15H,7-10H2,1-2H3. The van der Waals surface area contributed by atoms with Crippen molar-refractivity contribution in [3.05, 3.63) is 35.4 Å². The van der Waals surface area contributed by atoms with Gasteiger partial charge in [-0.15, -0.1) is 0 Å². The highest BCUT2D eigenvalue weighted by Gasteiger charge is 2.19. The number of hydrogen-bond acceptors (Lipinski definition) is 3. The van der Waals surface area contributed by atoms with Gasteiger partial charge in [-0.1, -0.05) is 17.7 Å². The molecular formula is C14H20N2O2. The number of morpholine rings is 1. The highest BCUT2D eigenvalue weighted by Crippen LogP contribution is 2.07. The number of aryl methyl sites for hydroxylation is 1. The van der Waals surface area contributed by atoms with Crippen LogP contribution in [0, 0.1) is 6.92 Å². The van der Waals surface area contributed by atoms with Crippen LogP contribution in [-0.2, 0) is 4.74 Å². The maximum absolute atomic E-state index is 12.2. The number of nitrogens with one attached hydrogen (secondary N) is 1. The van der Waals surface area contributed by atoms with Crippen LogP contribution in [0.15, 0.2) is 24.3 Å². The van der Waals surface area contributed by atoms with Gasteiger partial charge in [-0.25, -0.2) is 0 Å². The molecule has 98 valence electrons. The Labute approximate surface area is 108 Å². The number of carbonyl (C=O) groups excluding carboxylic acids is 1. The van der Waals surface area contributed by atoms with Gasteiger partial charge in [0.1, 0.15) is 0 Å². The quantitative estimate of drug-likeness (QED) is 0.869. The van der Waals surface area contributed by atoms with Gasteiger partial charge in [0.25, 0.3) is 5.91 Å². The van der Waals surface area contributed by atoms with Crippen LogP contribution in [-0.4, -0.2) is 50.2 Å². The molecule has 1 atom stereocenters. The first kappa shape index (κ1) is 13.1. The topological polar surface area (TPSA) is 41.6 Å². The molecule has 0 saturated carbocycles. The molecule has 1 aliphatic heterocycles. The number of ether oxygens (including phenoxy) is 1. The lowest BCUT2D eigenvalue weighted by Crippen LogP contribution is -2.45. The van der Waals surface area contributed by atoms with E-state index in [1.165, 1.54) is 0 Å². The van der Waals surface area contributed by atoms with Gasteiger partial charge >= 0.3 is 0 Å². The molecule has 1 aromatic carbocycles. The molecule has 2 rings (SSSR count). The minimum absolute atomic E-state index is 0.0455. The largest absolute Gasteiger partial charge is 0.374 e. The van der Waals surface area contributed by atoms with Gasteiger partial charge < -0.3 is 15.0 Å². The third-order valence-corrected chi connectivity index (χ3v) is 3.13. The fourth-order valence-corrected chi connectivity index (χ4v) is 2.04. The summed E-state index contributed by atoms with van der Waals surface area (Å²) in [6.07, 6.45) is 0.0955. The van der Waals surface area contributed by atoms with Crippen molar-refractivity contribution in [3.63, 3.8) is 0 Å². The summed E-state index contributed by atoms with van der Waals surface area (Å²) in [4.78, 5) is 13.9. The van der Waals surface area contributed by atoms with Crippen LogP contribution in [0.4, 0.5) is 0 Å². The van der Waals surface area contributed by atoms with Gasteiger partial charge in [0.2, 0.25) is 0 Å². The summed E-state index contributed by atoms with van der Waals surface area (Å²) < 4.78 is 5.60. The maximum Gasteiger partial charge on any atom is 0.253 e. The van der Waals surface area contributed by atoms with Crippen molar-refractivity contribution >= 4 is 5.91 Å². The van der Waals surface area contributed by atoms with Crippen LogP contribution in [0.1, 0.15) is 15.9 Å². The number of likely N-dealkylation sites (N-methyl/N-ethyl adjacent to an activating group) is 1. The van der Waals surface area contributed by atoms with Crippen LogP contribution in [0.3, 0.4) is 0 Å². The van der Waals surface area contributed by atoms with Crippen molar-refractivity contribution in [2.45, 2.75) is 13.0 Å². The van der Waals surface area contributed by atoms with Crippen LogP contribution in [0.2, 0.25) is 0 Å². The van der Waals surface area contributed by atoms with Gasteiger partial charge in [-0.2, -0.15) is 0 Å². The van der Waals surface area contributed by atoms with E-state index in [0.29, 0.717) is 6.54 Å². The molecule has 1 aliphatic rings. The zero-order chi connectivity index (χ0) is 13.0. The molecule has 0 radical (unpaired) electrons. The number of nitrogens with zero attached hydrogens (tertiary/aromatic N) is 1. The van der Waals surface area contributed by atoms with Gasteiger partial charge in [0, 0.05) is 32.2 Å². The van der Waals surface area contributed by atoms with Crippen molar-refractivity contribution in [2.24, 2.45) is 0 Å². The van der Waals surface area contributed by atoms with Crippen molar-refractivity contribution in [1.29, 1.82) is 0 Å². The lowest BCUT2D eigenvalue weighted by Gasteiger charge is -2.28. The summed E-state index contributed by atoms with van der Waals surface area (Å²) in [5.41, 5.74) is 1.89. The second kappa shape index (κ2) is 5.98. The molecule has 1 saturated heterocycles. The molecule has 4 heteroatoms. The van der Waals surface area contributed by atoms with E-state index in [2.05, 4.69) is 5.32 Å². The Bertz CT molecular complexity index is 397. The van der Waals surface area contributed by atoms with Crippen molar-refractivity contribution in [1.82, 2.24) is 10.2 Å². The molecule has 0 aromatic heterocycles. The number of amides is 1. The molecule has 4 nitrogen and oxygen atoms in total. The first-order chi connectivity index (χ1) is 8.66. The molecule has 1 aromatic rings. The van der Waals surface area contributed by atoms with Crippen LogP contribution in [0.5, 0.6) is 0 Å². The Morgan fingerprint density at radius 3 is 2.78 bits per heavy atom. The number of rotatable bonds is 3. The highest BCUT2D eigenvalue weighted by molar-refractivity contribution is 5.94. The smallest absolute Gasteiger partial charge is 0.253 e. The lowest BCUT2D eigenvalue weighted by atomic mass is 10.1. The molecule has 1 N–H and O–H groups in total. The number of benzene rings is 1.